The molecule has 0 aliphatic carbocycles. The summed E-state index contributed by atoms with van der Waals surface area (Å²) in [6.45, 7) is 0.192. The number of furan rings is 1. The Balaban J connectivity index is 2.29. The van der Waals surface area contributed by atoms with Gasteiger partial charge in [0.2, 0.25) is 10.0 Å². The number of methoxy groups -OCH3 is 1. The van der Waals surface area contributed by atoms with Crippen molar-refractivity contribution in [3.8, 4) is 0 Å². The zero-order valence-corrected chi connectivity index (χ0v) is 10.3. The van der Waals surface area contributed by atoms with E-state index in [2.05, 4.69) is 9.46 Å². The van der Waals surface area contributed by atoms with Crippen LogP contribution in [0.5, 0.6) is 0 Å². The van der Waals surface area contributed by atoms with Crippen molar-refractivity contribution < 1.29 is 22.4 Å². The Labute approximate surface area is 100 Å². The van der Waals surface area contributed by atoms with E-state index in [0.29, 0.717) is 0 Å². The number of carbonyl (C=O) groups is 1. The topological polar surface area (TPSA) is 85.6 Å². The summed E-state index contributed by atoms with van der Waals surface area (Å²) in [7, 11) is -2.09. The molecule has 1 aromatic heterocycles. The molecular weight excluding hydrogens is 246 g/mol. The van der Waals surface area contributed by atoms with Crippen LogP contribution in [0.2, 0.25) is 0 Å². The van der Waals surface area contributed by atoms with Crippen LogP contribution in [0, 0.1) is 0 Å². The first-order chi connectivity index (χ1) is 8.03. The number of hydrogen-bond acceptors (Lipinski definition) is 5. The highest BCUT2D eigenvalue weighted by Crippen LogP contribution is 2.01. The number of carbonyl (C=O) groups excluding carboxylic acids is 1. The lowest BCUT2D eigenvalue weighted by molar-refractivity contribution is -0.140. The van der Waals surface area contributed by atoms with Crippen LogP contribution in [0.25, 0.3) is 0 Å². The normalized spacial score (nSPS) is 11.4. The molecule has 0 fully saturated rings. The second-order valence-corrected chi connectivity index (χ2v) is 5.38. The third-order valence-corrected chi connectivity index (χ3v) is 3.51. The molecule has 1 heterocycles. The third-order valence-electron chi connectivity index (χ3n) is 2.10. The number of nitrogens with one attached hydrogen (secondary N) is 1. The van der Waals surface area contributed by atoms with E-state index in [9.17, 15) is 13.2 Å². The smallest absolute Gasteiger partial charge is 0.305 e. The van der Waals surface area contributed by atoms with Crippen LogP contribution in [-0.2, 0) is 26.1 Å². The number of ether oxygens (including phenoxy) is 1. The van der Waals surface area contributed by atoms with E-state index >= 15 is 0 Å². The third kappa shape index (κ3) is 5.50. The molecule has 96 valence electrons. The van der Waals surface area contributed by atoms with Crippen molar-refractivity contribution in [3.63, 3.8) is 0 Å². The van der Waals surface area contributed by atoms with Crippen molar-refractivity contribution in [2.24, 2.45) is 0 Å². The molecule has 1 rings (SSSR count). The van der Waals surface area contributed by atoms with Gasteiger partial charge < -0.3 is 9.15 Å². The highest BCUT2D eigenvalue weighted by atomic mass is 32.2. The minimum absolute atomic E-state index is 0.0973. The van der Waals surface area contributed by atoms with Gasteiger partial charge in [-0.05, 0) is 12.5 Å². The second-order valence-electron chi connectivity index (χ2n) is 3.45. The first-order valence-corrected chi connectivity index (χ1v) is 6.74. The van der Waals surface area contributed by atoms with Crippen molar-refractivity contribution in [2.45, 2.75) is 19.4 Å². The summed E-state index contributed by atoms with van der Waals surface area (Å²) in [5.74, 6) is -0.505. The average Bonchev–Trinajstić information content (AvgIpc) is 2.79. The maximum atomic E-state index is 11.5. The maximum absolute atomic E-state index is 11.5. The molecular formula is C10H15NO5S. The first kappa shape index (κ1) is 13.7. The first-order valence-electron chi connectivity index (χ1n) is 5.09. The Bertz CT molecular complexity index is 437. The monoisotopic (exact) mass is 261 g/mol. The molecule has 0 bridgehead atoms. The lowest BCUT2D eigenvalue weighted by Crippen LogP contribution is -2.26. The summed E-state index contributed by atoms with van der Waals surface area (Å²) in [6, 6.07) is 1.68. The van der Waals surface area contributed by atoms with Crippen molar-refractivity contribution >= 4 is 16.0 Å². The average molecular weight is 261 g/mol. The van der Waals surface area contributed by atoms with Gasteiger partial charge in [-0.15, -0.1) is 0 Å². The van der Waals surface area contributed by atoms with E-state index in [1.54, 1.807) is 6.07 Å². The second kappa shape index (κ2) is 6.41. The van der Waals surface area contributed by atoms with E-state index in [-0.39, 0.29) is 25.1 Å². The SMILES string of the molecule is COC(=O)CCCS(=O)(=O)NCc1ccoc1. The summed E-state index contributed by atoms with van der Waals surface area (Å²) in [5, 5.41) is 0. The van der Waals surface area contributed by atoms with Gasteiger partial charge in [0.15, 0.2) is 0 Å². The van der Waals surface area contributed by atoms with Gasteiger partial charge >= 0.3 is 5.97 Å². The summed E-state index contributed by atoms with van der Waals surface area (Å²) >= 11 is 0. The largest absolute Gasteiger partial charge is 0.472 e. The van der Waals surface area contributed by atoms with Crippen LogP contribution >= 0.6 is 0 Å². The standard InChI is InChI=1S/C10H15NO5S/c1-15-10(12)3-2-6-17(13,14)11-7-9-4-5-16-8-9/h4-5,8,11H,2-3,6-7H2,1H3. The molecule has 0 atom stereocenters. The van der Waals surface area contributed by atoms with Gasteiger partial charge in [-0.3, -0.25) is 4.79 Å². The van der Waals surface area contributed by atoms with E-state index < -0.39 is 16.0 Å². The predicted octanol–water partition coefficient (Wildman–Crippen LogP) is 0.652. The maximum Gasteiger partial charge on any atom is 0.305 e. The number of esters is 1. The van der Waals surface area contributed by atoms with E-state index in [1.807, 2.05) is 0 Å². The van der Waals surface area contributed by atoms with Crippen LogP contribution in [0.4, 0.5) is 0 Å². The van der Waals surface area contributed by atoms with E-state index in [1.165, 1.54) is 19.6 Å². The predicted molar refractivity (Wildman–Crippen MR) is 60.6 cm³/mol. The van der Waals surface area contributed by atoms with Crippen molar-refractivity contribution in [1.82, 2.24) is 4.72 Å². The quantitative estimate of drug-likeness (QED) is 0.728. The summed E-state index contributed by atoms with van der Waals surface area (Å²) < 4.78 is 34.6. The molecule has 1 aromatic rings. The van der Waals surface area contributed by atoms with Crippen molar-refractivity contribution in [1.29, 1.82) is 0 Å². The Hall–Kier alpha value is -1.34. The number of hydrogen-bond donors (Lipinski definition) is 1. The van der Waals surface area contributed by atoms with Crippen LogP contribution in [-0.4, -0.2) is 27.2 Å². The molecule has 6 nitrogen and oxygen atoms in total. The molecule has 0 radical (unpaired) electrons. The molecule has 7 heteroatoms. The molecule has 0 saturated carbocycles. The molecule has 0 aliphatic rings. The molecule has 1 N–H and O–H groups in total. The van der Waals surface area contributed by atoms with Crippen LogP contribution in [0.3, 0.4) is 0 Å². The molecule has 0 aromatic carbocycles. The molecule has 0 aliphatic heterocycles. The zero-order chi connectivity index (χ0) is 12.7. The Morgan fingerprint density at radius 3 is 2.88 bits per heavy atom. The number of rotatable bonds is 7. The highest BCUT2D eigenvalue weighted by molar-refractivity contribution is 7.89. The van der Waals surface area contributed by atoms with Gasteiger partial charge in [-0.1, -0.05) is 0 Å². The molecule has 0 amide bonds. The molecule has 17 heavy (non-hydrogen) atoms. The lowest BCUT2D eigenvalue weighted by atomic mass is 10.3. The van der Waals surface area contributed by atoms with Gasteiger partial charge in [-0.2, -0.15) is 0 Å². The zero-order valence-electron chi connectivity index (χ0n) is 9.51. The van der Waals surface area contributed by atoms with Gasteiger partial charge in [-0.25, -0.2) is 13.1 Å². The van der Waals surface area contributed by atoms with Crippen molar-refractivity contribution in [2.75, 3.05) is 12.9 Å². The fraction of sp³-hybridized carbons (Fsp3) is 0.500. The van der Waals surface area contributed by atoms with Gasteiger partial charge in [0.1, 0.15) is 0 Å². The van der Waals surface area contributed by atoms with Crippen LogP contribution in [0.15, 0.2) is 23.0 Å². The summed E-state index contributed by atoms with van der Waals surface area (Å²) in [5.41, 5.74) is 0.751. The minimum Gasteiger partial charge on any atom is -0.472 e. The van der Waals surface area contributed by atoms with Crippen LogP contribution < -0.4 is 4.72 Å². The van der Waals surface area contributed by atoms with E-state index in [4.69, 9.17) is 4.42 Å². The molecule has 0 unspecified atom stereocenters. The van der Waals surface area contributed by atoms with Crippen molar-refractivity contribution in [3.05, 3.63) is 24.2 Å². The summed E-state index contributed by atoms with van der Waals surface area (Å²) in [6.07, 6.45) is 3.29. The van der Waals surface area contributed by atoms with Gasteiger partial charge in [0.25, 0.3) is 0 Å². The number of sulfonamides is 1. The Morgan fingerprint density at radius 1 is 1.53 bits per heavy atom. The fourth-order valence-corrected chi connectivity index (χ4v) is 2.22. The highest BCUT2D eigenvalue weighted by Gasteiger charge is 2.11. The minimum atomic E-state index is -3.36. The Kier molecular flexibility index (Phi) is 5.17. The van der Waals surface area contributed by atoms with Gasteiger partial charge in [0, 0.05) is 18.5 Å². The lowest BCUT2D eigenvalue weighted by Gasteiger charge is -2.04. The van der Waals surface area contributed by atoms with E-state index in [0.717, 1.165) is 5.56 Å². The Morgan fingerprint density at radius 2 is 2.29 bits per heavy atom. The molecule has 0 saturated heterocycles. The summed E-state index contributed by atoms with van der Waals surface area (Å²) in [4.78, 5) is 10.8. The van der Waals surface area contributed by atoms with Gasteiger partial charge in [0.05, 0.1) is 25.4 Å². The molecule has 0 spiro atoms. The fourth-order valence-electron chi connectivity index (χ4n) is 1.17. The van der Waals surface area contributed by atoms with Crippen LogP contribution in [0.1, 0.15) is 18.4 Å².